The Kier molecular flexibility index (Phi) is 4.22. The summed E-state index contributed by atoms with van der Waals surface area (Å²) < 4.78 is 1.96. The van der Waals surface area contributed by atoms with Crippen molar-refractivity contribution in [2.24, 2.45) is 13.0 Å². The van der Waals surface area contributed by atoms with Gasteiger partial charge in [0.15, 0.2) is 6.19 Å². The second kappa shape index (κ2) is 6.68. The summed E-state index contributed by atoms with van der Waals surface area (Å²) in [5, 5.41) is 13.9. The third kappa shape index (κ3) is 2.97. The summed E-state index contributed by atoms with van der Waals surface area (Å²) in [6.07, 6.45) is 2.27. The summed E-state index contributed by atoms with van der Waals surface area (Å²) in [4.78, 5) is 1.83. The average Bonchev–Trinajstić information content (AvgIpc) is 3.25. The van der Waals surface area contributed by atoms with Gasteiger partial charge in [0.05, 0.1) is 11.4 Å². The maximum Gasteiger partial charge on any atom is 0.179 e. The minimum absolute atomic E-state index is 0.312. The zero-order valence-corrected chi connectivity index (χ0v) is 15.1. The number of aryl methyl sites for hydroxylation is 1. The smallest absolute Gasteiger partial charge is 0.179 e. The van der Waals surface area contributed by atoms with Gasteiger partial charge in [0.25, 0.3) is 0 Å². The van der Waals surface area contributed by atoms with Gasteiger partial charge in [-0.05, 0) is 29.2 Å². The van der Waals surface area contributed by atoms with Gasteiger partial charge in [0.2, 0.25) is 0 Å². The van der Waals surface area contributed by atoms with Crippen molar-refractivity contribution in [2.45, 2.75) is 12.8 Å². The van der Waals surface area contributed by atoms with E-state index in [9.17, 15) is 5.26 Å². The first-order valence-corrected chi connectivity index (χ1v) is 9.00. The molecule has 0 amide bonds. The molecule has 0 spiro atoms. The van der Waals surface area contributed by atoms with Gasteiger partial charge in [-0.3, -0.25) is 4.68 Å². The Labute approximate surface area is 154 Å². The number of hydrogen-bond acceptors (Lipinski definition) is 3. The monoisotopic (exact) mass is 342 g/mol. The lowest BCUT2D eigenvalue weighted by atomic mass is 9.94. The van der Waals surface area contributed by atoms with Crippen molar-refractivity contribution in [1.29, 1.82) is 5.26 Å². The number of hydrogen-bond donors (Lipinski definition) is 0. The minimum Gasteiger partial charge on any atom is -0.310 e. The molecule has 0 N–H and O–H groups in total. The van der Waals surface area contributed by atoms with E-state index in [0.717, 1.165) is 30.0 Å². The normalized spacial score (nSPS) is 19.5. The number of nitriles is 1. The summed E-state index contributed by atoms with van der Waals surface area (Å²) in [5.74, 6) is 0.750. The maximum atomic E-state index is 9.18. The van der Waals surface area contributed by atoms with E-state index in [1.807, 2.05) is 22.7 Å². The molecule has 130 valence electrons. The molecule has 1 aromatic heterocycles. The molecule has 1 saturated heterocycles. The summed E-state index contributed by atoms with van der Waals surface area (Å²) in [5.41, 5.74) is 5.77. The molecule has 4 nitrogen and oxygen atoms in total. The molecule has 1 aliphatic heterocycles. The summed E-state index contributed by atoms with van der Waals surface area (Å²) in [7, 11) is 2.00. The average molecular weight is 342 g/mol. The van der Waals surface area contributed by atoms with E-state index in [1.54, 1.807) is 0 Å². The van der Waals surface area contributed by atoms with Crippen LogP contribution < -0.4 is 0 Å². The van der Waals surface area contributed by atoms with Gasteiger partial charge in [-0.25, -0.2) is 0 Å². The molecule has 0 bridgehead atoms. The van der Waals surface area contributed by atoms with Gasteiger partial charge >= 0.3 is 0 Å². The number of benzene rings is 2. The first kappa shape index (κ1) is 16.4. The molecule has 4 rings (SSSR count). The highest BCUT2D eigenvalue weighted by Crippen LogP contribution is 2.34. The Hall–Kier alpha value is -3.06. The van der Waals surface area contributed by atoms with E-state index in [2.05, 4.69) is 67.7 Å². The molecule has 3 aromatic rings. The second-order valence-electron chi connectivity index (χ2n) is 7.11. The second-order valence-corrected chi connectivity index (χ2v) is 7.11. The van der Waals surface area contributed by atoms with Crippen LogP contribution in [-0.2, 0) is 7.05 Å². The maximum absolute atomic E-state index is 9.18. The van der Waals surface area contributed by atoms with Crippen LogP contribution in [-0.4, -0.2) is 27.8 Å². The zero-order chi connectivity index (χ0) is 18.1. The topological polar surface area (TPSA) is 44.9 Å². The van der Waals surface area contributed by atoms with Crippen LogP contribution in [0.2, 0.25) is 0 Å². The molecule has 0 saturated carbocycles. The Morgan fingerprint density at radius 2 is 1.69 bits per heavy atom. The van der Waals surface area contributed by atoms with Crippen molar-refractivity contribution in [3.63, 3.8) is 0 Å². The molecule has 0 aliphatic carbocycles. The fourth-order valence-corrected chi connectivity index (χ4v) is 3.86. The standard InChI is InChI=1S/C22H22N4/c1-16-13-26(15-23)14-20(16)21-12-22(25(2)24-21)19-10-6-9-18(11-19)17-7-4-3-5-8-17/h3-12,16,20H,13-14H2,1-2H3/t16-,20-/m0/s1. The molecule has 0 radical (unpaired) electrons. The van der Waals surface area contributed by atoms with Gasteiger partial charge in [0, 0.05) is 31.6 Å². The summed E-state index contributed by atoms with van der Waals surface area (Å²) in [6.45, 7) is 3.78. The van der Waals surface area contributed by atoms with Gasteiger partial charge < -0.3 is 4.90 Å². The predicted octanol–water partition coefficient (Wildman–Crippen LogP) is 4.27. The van der Waals surface area contributed by atoms with Crippen LogP contribution >= 0.6 is 0 Å². The lowest BCUT2D eigenvalue weighted by Crippen LogP contribution is -2.13. The zero-order valence-electron chi connectivity index (χ0n) is 15.1. The van der Waals surface area contributed by atoms with Crippen molar-refractivity contribution in [2.75, 3.05) is 13.1 Å². The lowest BCUT2D eigenvalue weighted by molar-refractivity contribution is 0.465. The van der Waals surface area contributed by atoms with Crippen LogP contribution in [0.4, 0.5) is 0 Å². The number of rotatable bonds is 3. The first-order chi connectivity index (χ1) is 12.7. The Morgan fingerprint density at radius 3 is 2.42 bits per heavy atom. The van der Waals surface area contributed by atoms with Crippen LogP contribution in [0.5, 0.6) is 0 Å². The van der Waals surface area contributed by atoms with Gasteiger partial charge in [-0.15, -0.1) is 0 Å². The van der Waals surface area contributed by atoms with Crippen molar-refractivity contribution in [3.8, 4) is 28.6 Å². The highest BCUT2D eigenvalue weighted by Gasteiger charge is 2.32. The van der Waals surface area contributed by atoms with Gasteiger partial charge in [-0.1, -0.05) is 55.5 Å². The van der Waals surface area contributed by atoms with E-state index in [0.29, 0.717) is 11.8 Å². The summed E-state index contributed by atoms with van der Waals surface area (Å²) >= 11 is 0. The van der Waals surface area contributed by atoms with Crippen molar-refractivity contribution in [1.82, 2.24) is 14.7 Å². The molecule has 26 heavy (non-hydrogen) atoms. The highest BCUT2D eigenvalue weighted by molar-refractivity contribution is 5.71. The fourth-order valence-electron chi connectivity index (χ4n) is 3.86. The molecule has 1 aliphatic rings. The van der Waals surface area contributed by atoms with E-state index in [4.69, 9.17) is 5.10 Å². The van der Waals surface area contributed by atoms with Crippen LogP contribution in [0.3, 0.4) is 0 Å². The lowest BCUT2D eigenvalue weighted by Gasteiger charge is -2.09. The van der Waals surface area contributed by atoms with Crippen LogP contribution in [0.15, 0.2) is 60.7 Å². The molecular weight excluding hydrogens is 320 g/mol. The van der Waals surface area contributed by atoms with E-state index >= 15 is 0 Å². The number of aromatic nitrogens is 2. The summed E-state index contributed by atoms with van der Waals surface area (Å²) in [6, 6.07) is 21.2. The Morgan fingerprint density at radius 1 is 0.962 bits per heavy atom. The van der Waals surface area contributed by atoms with Gasteiger partial charge in [-0.2, -0.15) is 10.4 Å². The fraction of sp³-hybridized carbons (Fsp3) is 0.273. The molecular formula is C22H22N4. The first-order valence-electron chi connectivity index (χ1n) is 9.00. The van der Waals surface area contributed by atoms with Crippen LogP contribution in [0, 0.1) is 17.4 Å². The van der Waals surface area contributed by atoms with Gasteiger partial charge in [0.1, 0.15) is 0 Å². The highest BCUT2D eigenvalue weighted by atomic mass is 15.3. The molecule has 2 heterocycles. The third-order valence-electron chi connectivity index (χ3n) is 5.30. The van der Waals surface area contributed by atoms with Crippen molar-refractivity contribution < 1.29 is 0 Å². The van der Waals surface area contributed by atoms with Crippen LogP contribution in [0.1, 0.15) is 18.5 Å². The predicted molar refractivity (Wildman–Crippen MR) is 103 cm³/mol. The van der Waals surface area contributed by atoms with E-state index < -0.39 is 0 Å². The largest absolute Gasteiger partial charge is 0.310 e. The quantitative estimate of drug-likeness (QED) is 0.668. The number of likely N-dealkylation sites (tertiary alicyclic amines) is 1. The molecule has 1 fully saturated rings. The SMILES string of the molecule is C[C@H]1CN(C#N)C[C@@H]1c1cc(-c2cccc(-c3ccccc3)c2)n(C)n1. The van der Waals surface area contributed by atoms with Crippen LogP contribution in [0.25, 0.3) is 22.4 Å². The van der Waals surface area contributed by atoms with E-state index in [1.165, 1.54) is 11.1 Å². The molecule has 2 aromatic carbocycles. The minimum atomic E-state index is 0.312. The van der Waals surface area contributed by atoms with Crippen molar-refractivity contribution >= 4 is 0 Å². The molecule has 2 atom stereocenters. The van der Waals surface area contributed by atoms with Crippen molar-refractivity contribution in [3.05, 3.63) is 66.4 Å². The van der Waals surface area contributed by atoms with E-state index in [-0.39, 0.29) is 0 Å². The molecule has 4 heteroatoms. The molecule has 0 unspecified atom stereocenters. The third-order valence-corrected chi connectivity index (χ3v) is 5.30. The Balaban J connectivity index is 1.68. The Bertz CT molecular complexity index is 952. The number of nitrogens with zero attached hydrogens (tertiary/aromatic N) is 4.